The number of hydrogen-bond acceptors (Lipinski definition) is 4. The Bertz CT molecular complexity index is 483. The third-order valence-corrected chi connectivity index (χ3v) is 4.76. The van der Waals surface area contributed by atoms with Crippen LogP contribution in [0.15, 0.2) is 30.3 Å². The predicted molar refractivity (Wildman–Crippen MR) is 93.2 cm³/mol. The molecule has 4 heteroatoms. The van der Waals surface area contributed by atoms with Crippen molar-refractivity contribution in [2.45, 2.75) is 46.6 Å². The molecule has 0 saturated carbocycles. The number of ether oxygens (including phenoxy) is 1. The number of nitrogens with zero attached hydrogens (tertiary/aromatic N) is 1. The fourth-order valence-corrected chi connectivity index (χ4v) is 2.87. The van der Waals surface area contributed by atoms with Gasteiger partial charge in [0.1, 0.15) is 5.60 Å². The molecular weight excluding hydrogens is 290 g/mol. The fraction of sp³-hybridized carbons (Fsp3) is 0.632. The molecule has 4 nitrogen and oxygen atoms in total. The van der Waals surface area contributed by atoms with Crippen LogP contribution in [0.2, 0.25) is 0 Å². The van der Waals surface area contributed by atoms with Crippen molar-refractivity contribution in [2.24, 2.45) is 5.41 Å². The van der Waals surface area contributed by atoms with E-state index >= 15 is 0 Å². The van der Waals surface area contributed by atoms with Crippen LogP contribution in [0.3, 0.4) is 0 Å². The number of esters is 1. The summed E-state index contributed by atoms with van der Waals surface area (Å²) in [6.07, 6.45) is 0.477. The molecule has 1 aromatic carbocycles. The Morgan fingerprint density at radius 2 is 1.70 bits per heavy atom. The molecule has 0 amide bonds. The first-order chi connectivity index (χ1) is 10.8. The Hall–Kier alpha value is -1.39. The Morgan fingerprint density at radius 3 is 2.17 bits per heavy atom. The Kier molecular flexibility index (Phi) is 7.23. The van der Waals surface area contributed by atoms with Crippen LogP contribution in [0.25, 0.3) is 0 Å². The molecule has 0 aromatic heterocycles. The van der Waals surface area contributed by atoms with Gasteiger partial charge < -0.3 is 14.7 Å². The zero-order valence-electron chi connectivity index (χ0n) is 15.1. The molecule has 0 aliphatic heterocycles. The predicted octanol–water partition coefficient (Wildman–Crippen LogP) is 3.20. The number of aliphatic hydroxyl groups is 1. The molecule has 0 aliphatic rings. The van der Waals surface area contributed by atoms with Crippen molar-refractivity contribution in [3.63, 3.8) is 0 Å². The van der Waals surface area contributed by atoms with E-state index in [1.807, 2.05) is 30.3 Å². The van der Waals surface area contributed by atoms with Crippen molar-refractivity contribution in [3.05, 3.63) is 35.9 Å². The molecule has 130 valence electrons. The highest BCUT2D eigenvalue weighted by molar-refractivity contribution is 5.78. The van der Waals surface area contributed by atoms with Crippen molar-refractivity contribution >= 4 is 5.97 Å². The normalized spacial score (nSPS) is 14.6. The van der Waals surface area contributed by atoms with Crippen molar-refractivity contribution in [2.75, 3.05) is 26.2 Å². The SMILES string of the molecule is CCOC(=O)C(C)(C)C(O)(CCN(CC)CC)c1ccccc1. The van der Waals surface area contributed by atoms with E-state index in [4.69, 9.17) is 4.74 Å². The monoisotopic (exact) mass is 321 g/mol. The summed E-state index contributed by atoms with van der Waals surface area (Å²) >= 11 is 0. The minimum absolute atomic E-state index is 0.309. The largest absolute Gasteiger partial charge is 0.465 e. The van der Waals surface area contributed by atoms with E-state index in [0.717, 1.165) is 25.2 Å². The smallest absolute Gasteiger partial charge is 0.314 e. The van der Waals surface area contributed by atoms with Gasteiger partial charge >= 0.3 is 5.97 Å². The molecule has 1 atom stereocenters. The summed E-state index contributed by atoms with van der Waals surface area (Å²) in [5.74, 6) is -0.370. The molecule has 0 heterocycles. The number of hydrogen-bond donors (Lipinski definition) is 1. The minimum Gasteiger partial charge on any atom is -0.465 e. The van der Waals surface area contributed by atoms with E-state index < -0.39 is 11.0 Å². The van der Waals surface area contributed by atoms with Crippen LogP contribution >= 0.6 is 0 Å². The van der Waals surface area contributed by atoms with Gasteiger partial charge in [-0.05, 0) is 45.8 Å². The third kappa shape index (κ3) is 4.33. The van der Waals surface area contributed by atoms with Crippen LogP contribution in [0, 0.1) is 5.41 Å². The zero-order chi connectivity index (χ0) is 17.5. The summed E-state index contributed by atoms with van der Waals surface area (Å²) in [6, 6.07) is 9.44. The molecule has 0 spiro atoms. The second kappa shape index (κ2) is 8.46. The average Bonchev–Trinajstić information content (AvgIpc) is 2.56. The first-order valence-electron chi connectivity index (χ1n) is 8.50. The second-order valence-electron chi connectivity index (χ2n) is 6.35. The quantitative estimate of drug-likeness (QED) is 0.710. The maximum absolute atomic E-state index is 12.5. The lowest BCUT2D eigenvalue weighted by molar-refractivity contribution is -0.174. The number of benzene rings is 1. The number of rotatable bonds is 9. The summed E-state index contributed by atoms with van der Waals surface area (Å²) in [5.41, 5.74) is -1.55. The van der Waals surface area contributed by atoms with Gasteiger partial charge in [-0.1, -0.05) is 44.2 Å². The molecule has 0 radical (unpaired) electrons. The first kappa shape index (κ1) is 19.7. The average molecular weight is 321 g/mol. The van der Waals surface area contributed by atoms with E-state index in [-0.39, 0.29) is 5.97 Å². The van der Waals surface area contributed by atoms with Crippen molar-refractivity contribution in [3.8, 4) is 0 Å². The van der Waals surface area contributed by atoms with Gasteiger partial charge in [0.15, 0.2) is 0 Å². The second-order valence-corrected chi connectivity index (χ2v) is 6.35. The standard InChI is InChI=1S/C19H31NO3/c1-6-20(7-2)15-14-19(22,16-12-10-9-11-13-16)18(4,5)17(21)23-8-3/h9-13,22H,6-8,14-15H2,1-5H3. The van der Waals surface area contributed by atoms with Crippen LogP contribution in [-0.2, 0) is 15.1 Å². The Labute approximate surface area is 140 Å². The minimum atomic E-state index is -1.27. The maximum atomic E-state index is 12.5. The molecule has 0 saturated heterocycles. The van der Waals surface area contributed by atoms with E-state index in [1.54, 1.807) is 20.8 Å². The summed E-state index contributed by atoms with van der Waals surface area (Å²) in [6.45, 7) is 12.4. The van der Waals surface area contributed by atoms with E-state index in [0.29, 0.717) is 13.0 Å². The highest BCUT2D eigenvalue weighted by Gasteiger charge is 2.50. The summed E-state index contributed by atoms with van der Waals surface area (Å²) < 4.78 is 5.22. The third-order valence-electron chi connectivity index (χ3n) is 4.76. The van der Waals surface area contributed by atoms with Crippen LogP contribution in [0.5, 0.6) is 0 Å². The molecule has 0 fully saturated rings. The van der Waals surface area contributed by atoms with Gasteiger partial charge in [0.25, 0.3) is 0 Å². The lowest BCUT2D eigenvalue weighted by Crippen LogP contribution is -2.49. The van der Waals surface area contributed by atoms with Crippen molar-refractivity contribution < 1.29 is 14.6 Å². The highest BCUT2D eigenvalue weighted by Crippen LogP contribution is 2.43. The van der Waals surface area contributed by atoms with Crippen LogP contribution in [-0.4, -0.2) is 42.2 Å². The van der Waals surface area contributed by atoms with Gasteiger partial charge in [0.2, 0.25) is 0 Å². The molecule has 0 bridgehead atoms. The zero-order valence-corrected chi connectivity index (χ0v) is 15.1. The van der Waals surface area contributed by atoms with Crippen LogP contribution in [0.1, 0.15) is 46.6 Å². The van der Waals surface area contributed by atoms with Gasteiger partial charge in [-0.25, -0.2) is 0 Å². The van der Waals surface area contributed by atoms with E-state index in [9.17, 15) is 9.90 Å². The lowest BCUT2D eigenvalue weighted by Gasteiger charge is -2.42. The van der Waals surface area contributed by atoms with Crippen molar-refractivity contribution in [1.29, 1.82) is 0 Å². The molecule has 1 unspecified atom stereocenters. The fourth-order valence-electron chi connectivity index (χ4n) is 2.87. The topological polar surface area (TPSA) is 49.8 Å². The molecule has 0 aliphatic carbocycles. The molecular formula is C19H31NO3. The van der Waals surface area contributed by atoms with Gasteiger partial charge in [0, 0.05) is 6.54 Å². The van der Waals surface area contributed by atoms with Crippen molar-refractivity contribution in [1.82, 2.24) is 4.90 Å². The Balaban J connectivity index is 3.18. The Morgan fingerprint density at radius 1 is 1.13 bits per heavy atom. The van der Waals surface area contributed by atoms with Gasteiger partial charge in [0.05, 0.1) is 12.0 Å². The summed E-state index contributed by atoms with van der Waals surface area (Å²) in [4.78, 5) is 14.7. The lowest BCUT2D eigenvalue weighted by atomic mass is 9.69. The van der Waals surface area contributed by atoms with Crippen LogP contribution < -0.4 is 0 Å². The van der Waals surface area contributed by atoms with Gasteiger partial charge in [-0.15, -0.1) is 0 Å². The number of carbonyl (C=O) groups is 1. The van der Waals surface area contributed by atoms with E-state index in [1.165, 1.54) is 0 Å². The molecule has 1 aromatic rings. The maximum Gasteiger partial charge on any atom is 0.314 e. The summed E-state index contributed by atoms with van der Waals surface area (Å²) in [7, 11) is 0. The highest BCUT2D eigenvalue weighted by atomic mass is 16.5. The van der Waals surface area contributed by atoms with E-state index in [2.05, 4.69) is 18.7 Å². The molecule has 1 rings (SSSR count). The summed E-state index contributed by atoms with van der Waals surface area (Å²) in [5, 5.41) is 11.5. The number of carbonyl (C=O) groups excluding carboxylic acids is 1. The molecule has 23 heavy (non-hydrogen) atoms. The first-order valence-corrected chi connectivity index (χ1v) is 8.50. The van der Waals surface area contributed by atoms with Crippen LogP contribution in [0.4, 0.5) is 0 Å². The molecule has 1 N–H and O–H groups in total. The van der Waals surface area contributed by atoms with Gasteiger partial charge in [-0.2, -0.15) is 0 Å². The van der Waals surface area contributed by atoms with Gasteiger partial charge in [-0.3, -0.25) is 4.79 Å².